The Bertz CT molecular complexity index is 640. The molecule has 0 saturated carbocycles. The summed E-state index contributed by atoms with van der Waals surface area (Å²) in [5, 5.41) is 5.26. The summed E-state index contributed by atoms with van der Waals surface area (Å²) in [6.45, 7) is 1.93. The van der Waals surface area contributed by atoms with Crippen LogP contribution >= 0.6 is 11.8 Å². The van der Waals surface area contributed by atoms with Crippen molar-refractivity contribution in [3.63, 3.8) is 0 Å². The first-order chi connectivity index (χ1) is 9.51. The van der Waals surface area contributed by atoms with E-state index < -0.39 is 11.8 Å². The molecule has 0 spiro atoms. The van der Waals surface area contributed by atoms with Gasteiger partial charge in [-0.3, -0.25) is 4.68 Å². The third-order valence-corrected chi connectivity index (χ3v) is 3.94. The maximum Gasteiger partial charge on any atom is 0.340 e. The number of aromatic nitrogens is 2. The van der Waals surface area contributed by atoms with Crippen LogP contribution in [-0.4, -0.2) is 22.9 Å². The van der Waals surface area contributed by atoms with Crippen molar-refractivity contribution in [2.24, 2.45) is 7.05 Å². The van der Waals surface area contributed by atoms with Crippen molar-refractivity contribution in [2.75, 3.05) is 7.11 Å². The second-order valence-electron chi connectivity index (χ2n) is 4.34. The number of benzene rings is 1. The highest BCUT2D eigenvalue weighted by Gasteiger charge is 2.12. The van der Waals surface area contributed by atoms with Crippen molar-refractivity contribution in [1.82, 2.24) is 9.78 Å². The molecule has 1 heterocycles. The first kappa shape index (κ1) is 14.6. The third kappa shape index (κ3) is 3.19. The smallest absolute Gasteiger partial charge is 0.340 e. The number of halogens is 1. The molecule has 0 aliphatic carbocycles. The number of carbonyl (C=O) groups excluding carboxylic acids is 1. The van der Waals surface area contributed by atoms with Gasteiger partial charge in [-0.25, -0.2) is 9.18 Å². The van der Waals surface area contributed by atoms with Crippen LogP contribution in [0, 0.1) is 12.7 Å². The van der Waals surface area contributed by atoms with E-state index in [9.17, 15) is 9.18 Å². The molecular formula is C14H15FN2O2S. The Hall–Kier alpha value is -1.82. The fourth-order valence-electron chi connectivity index (χ4n) is 1.80. The Morgan fingerprint density at radius 2 is 2.20 bits per heavy atom. The Kier molecular flexibility index (Phi) is 4.44. The van der Waals surface area contributed by atoms with E-state index in [4.69, 9.17) is 0 Å². The van der Waals surface area contributed by atoms with Crippen LogP contribution in [0.25, 0.3) is 0 Å². The van der Waals surface area contributed by atoms with E-state index in [1.807, 2.05) is 20.0 Å². The molecular weight excluding hydrogens is 279 g/mol. The lowest BCUT2D eigenvalue weighted by Crippen LogP contribution is -2.04. The summed E-state index contributed by atoms with van der Waals surface area (Å²) in [7, 11) is 3.10. The lowest BCUT2D eigenvalue weighted by molar-refractivity contribution is 0.0595. The van der Waals surface area contributed by atoms with Crippen molar-refractivity contribution in [2.45, 2.75) is 17.7 Å². The Labute approximate surface area is 120 Å². The number of esters is 1. The summed E-state index contributed by atoms with van der Waals surface area (Å²) < 4.78 is 20.1. The standard InChI is InChI=1S/C14H15FN2O2S/c1-9-6-13(17(2)16-9)20-8-10-4-5-11(12(15)7-10)14(18)19-3/h4-7H,8H2,1-3H3. The van der Waals surface area contributed by atoms with Crippen LogP contribution in [-0.2, 0) is 17.5 Å². The van der Waals surface area contributed by atoms with Gasteiger partial charge in [0.25, 0.3) is 0 Å². The van der Waals surface area contributed by atoms with Gasteiger partial charge in [0.1, 0.15) is 5.82 Å². The summed E-state index contributed by atoms with van der Waals surface area (Å²) in [6, 6.07) is 6.52. The Balaban J connectivity index is 2.09. The molecule has 0 amide bonds. The number of ether oxygens (including phenoxy) is 1. The zero-order valence-electron chi connectivity index (χ0n) is 11.5. The van der Waals surface area contributed by atoms with Crippen molar-refractivity contribution >= 4 is 17.7 Å². The van der Waals surface area contributed by atoms with Crippen LogP contribution < -0.4 is 0 Å². The van der Waals surface area contributed by atoms with E-state index in [0.717, 1.165) is 16.3 Å². The van der Waals surface area contributed by atoms with Gasteiger partial charge in [0, 0.05) is 12.8 Å². The molecule has 0 bridgehead atoms. The largest absolute Gasteiger partial charge is 0.465 e. The van der Waals surface area contributed by atoms with Gasteiger partial charge in [0.2, 0.25) is 0 Å². The molecule has 0 N–H and O–H groups in total. The number of hydrogen-bond donors (Lipinski definition) is 0. The monoisotopic (exact) mass is 294 g/mol. The number of nitrogens with zero attached hydrogens (tertiary/aromatic N) is 2. The van der Waals surface area contributed by atoms with Crippen molar-refractivity contribution < 1.29 is 13.9 Å². The van der Waals surface area contributed by atoms with Crippen LogP contribution in [0.4, 0.5) is 4.39 Å². The number of hydrogen-bond acceptors (Lipinski definition) is 4. The minimum Gasteiger partial charge on any atom is -0.465 e. The second-order valence-corrected chi connectivity index (χ2v) is 5.34. The summed E-state index contributed by atoms with van der Waals surface area (Å²) in [4.78, 5) is 11.3. The van der Waals surface area contributed by atoms with Gasteiger partial charge < -0.3 is 4.74 Å². The van der Waals surface area contributed by atoms with Crippen LogP contribution in [0.3, 0.4) is 0 Å². The zero-order valence-corrected chi connectivity index (χ0v) is 12.3. The van der Waals surface area contributed by atoms with E-state index >= 15 is 0 Å². The van der Waals surface area contributed by atoms with E-state index in [2.05, 4.69) is 9.84 Å². The normalized spacial score (nSPS) is 10.6. The lowest BCUT2D eigenvalue weighted by Gasteiger charge is -2.05. The lowest BCUT2D eigenvalue weighted by atomic mass is 10.1. The average molecular weight is 294 g/mol. The summed E-state index contributed by atoms with van der Waals surface area (Å²) in [5.41, 5.74) is 1.71. The molecule has 1 aromatic carbocycles. The number of thioether (sulfide) groups is 1. The average Bonchev–Trinajstić information content (AvgIpc) is 2.74. The molecule has 6 heteroatoms. The molecule has 0 atom stereocenters. The quantitative estimate of drug-likeness (QED) is 0.642. The van der Waals surface area contributed by atoms with E-state index in [-0.39, 0.29) is 5.56 Å². The number of aryl methyl sites for hydroxylation is 2. The molecule has 20 heavy (non-hydrogen) atoms. The molecule has 106 valence electrons. The number of rotatable bonds is 4. The minimum absolute atomic E-state index is 0.0439. The third-order valence-electron chi connectivity index (χ3n) is 2.78. The van der Waals surface area contributed by atoms with Crippen molar-refractivity contribution in [3.8, 4) is 0 Å². The highest BCUT2D eigenvalue weighted by Crippen LogP contribution is 2.24. The molecule has 0 fully saturated rings. The first-order valence-corrected chi connectivity index (χ1v) is 7.00. The highest BCUT2D eigenvalue weighted by molar-refractivity contribution is 7.98. The molecule has 0 aliphatic heterocycles. The molecule has 0 radical (unpaired) electrons. The minimum atomic E-state index is -0.663. The molecule has 1 aromatic heterocycles. The Morgan fingerprint density at radius 1 is 1.45 bits per heavy atom. The van der Waals surface area contributed by atoms with Crippen molar-refractivity contribution in [1.29, 1.82) is 0 Å². The predicted molar refractivity (Wildman–Crippen MR) is 75.2 cm³/mol. The van der Waals surface area contributed by atoms with Gasteiger partial charge in [0.15, 0.2) is 0 Å². The fourth-order valence-corrected chi connectivity index (χ4v) is 2.78. The molecule has 4 nitrogen and oxygen atoms in total. The Morgan fingerprint density at radius 3 is 2.75 bits per heavy atom. The highest BCUT2D eigenvalue weighted by atomic mass is 32.2. The number of methoxy groups -OCH3 is 1. The predicted octanol–water partition coefficient (Wildman–Crippen LogP) is 2.95. The molecule has 2 rings (SSSR count). The fraction of sp³-hybridized carbons (Fsp3) is 0.286. The molecule has 0 unspecified atom stereocenters. The molecule has 2 aromatic rings. The SMILES string of the molecule is COC(=O)c1ccc(CSc2cc(C)nn2C)cc1F. The first-order valence-electron chi connectivity index (χ1n) is 6.01. The van der Waals surface area contributed by atoms with Crippen LogP contribution in [0.1, 0.15) is 21.6 Å². The number of carbonyl (C=O) groups is 1. The van der Waals surface area contributed by atoms with E-state index in [1.165, 1.54) is 19.2 Å². The van der Waals surface area contributed by atoms with Crippen LogP contribution in [0.2, 0.25) is 0 Å². The summed E-state index contributed by atoms with van der Waals surface area (Å²) in [6.07, 6.45) is 0. The topological polar surface area (TPSA) is 44.1 Å². The maximum atomic E-state index is 13.8. The second kappa shape index (κ2) is 6.09. The molecule has 0 saturated heterocycles. The van der Waals surface area contributed by atoms with Crippen LogP contribution in [0.5, 0.6) is 0 Å². The van der Waals surface area contributed by atoms with Crippen LogP contribution in [0.15, 0.2) is 29.3 Å². The van der Waals surface area contributed by atoms with Gasteiger partial charge in [-0.15, -0.1) is 11.8 Å². The van der Waals surface area contributed by atoms with Gasteiger partial charge in [0.05, 0.1) is 23.4 Å². The zero-order chi connectivity index (χ0) is 14.7. The molecule has 0 aliphatic rings. The summed E-state index contributed by atoms with van der Waals surface area (Å²) >= 11 is 1.57. The van der Waals surface area contributed by atoms with E-state index in [1.54, 1.807) is 22.5 Å². The van der Waals surface area contributed by atoms with Gasteiger partial charge >= 0.3 is 5.97 Å². The van der Waals surface area contributed by atoms with Crippen molar-refractivity contribution in [3.05, 3.63) is 46.9 Å². The van der Waals surface area contributed by atoms with Gasteiger partial charge in [-0.05, 0) is 30.7 Å². The summed E-state index contributed by atoms with van der Waals surface area (Å²) in [5.74, 6) is -0.614. The van der Waals surface area contributed by atoms with E-state index in [0.29, 0.717) is 5.75 Å². The van der Waals surface area contributed by atoms with Gasteiger partial charge in [-0.1, -0.05) is 6.07 Å². The van der Waals surface area contributed by atoms with Gasteiger partial charge in [-0.2, -0.15) is 5.10 Å². The maximum absolute atomic E-state index is 13.8.